The number of aliphatic hydroxyl groups is 1. The average Bonchev–Trinajstić information content (AvgIpc) is 2.66. The highest BCUT2D eigenvalue weighted by Crippen LogP contribution is 2.42. The first-order valence-electron chi connectivity index (χ1n) is 8.90. The first-order valence-corrected chi connectivity index (χ1v) is 9.28. The van der Waals surface area contributed by atoms with E-state index in [0.717, 1.165) is 61.6 Å². The molecule has 1 saturated heterocycles. The smallest absolute Gasteiger partial charge is 0.222 e. The summed E-state index contributed by atoms with van der Waals surface area (Å²) >= 11 is 6.55. The third-order valence-electron chi connectivity index (χ3n) is 4.86. The molecule has 25 heavy (non-hydrogen) atoms. The summed E-state index contributed by atoms with van der Waals surface area (Å²) in [5, 5.41) is 16.4. The van der Waals surface area contributed by atoms with Gasteiger partial charge in [0.05, 0.1) is 5.69 Å². The van der Waals surface area contributed by atoms with Crippen LogP contribution in [0.3, 0.4) is 0 Å². The van der Waals surface area contributed by atoms with E-state index in [1.54, 1.807) is 0 Å². The summed E-state index contributed by atoms with van der Waals surface area (Å²) in [6.45, 7) is 2.85. The summed E-state index contributed by atoms with van der Waals surface area (Å²) in [5.74, 6) is 0.639. The first kappa shape index (κ1) is 18.1. The van der Waals surface area contributed by atoms with E-state index in [1.165, 1.54) is 0 Å². The van der Waals surface area contributed by atoms with Gasteiger partial charge >= 0.3 is 0 Å². The molecule has 0 saturated carbocycles. The Morgan fingerprint density at radius 2 is 1.96 bits per heavy atom. The van der Waals surface area contributed by atoms with Crippen molar-refractivity contribution in [2.24, 2.45) is 0 Å². The van der Waals surface area contributed by atoms with Gasteiger partial charge in [-0.1, -0.05) is 29.8 Å². The molecule has 1 aliphatic rings. The van der Waals surface area contributed by atoms with Crippen molar-refractivity contribution in [1.82, 2.24) is 15.3 Å². The lowest BCUT2D eigenvalue weighted by Gasteiger charge is -2.38. The molecule has 0 amide bonds. The second kappa shape index (κ2) is 8.61. The van der Waals surface area contributed by atoms with E-state index in [0.29, 0.717) is 5.95 Å². The van der Waals surface area contributed by atoms with Crippen LogP contribution in [0.5, 0.6) is 0 Å². The normalized spacial score (nSPS) is 16.6. The maximum absolute atomic E-state index is 8.89. The van der Waals surface area contributed by atoms with Crippen LogP contribution in [0.25, 0.3) is 0 Å². The van der Waals surface area contributed by atoms with Crippen LogP contribution < -0.4 is 10.6 Å². The molecule has 6 heteroatoms. The zero-order valence-electron chi connectivity index (χ0n) is 14.3. The predicted octanol–water partition coefficient (Wildman–Crippen LogP) is 2.98. The molecule has 0 spiro atoms. The van der Waals surface area contributed by atoms with Gasteiger partial charge in [0.25, 0.3) is 0 Å². The first-order chi connectivity index (χ1) is 12.3. The topological polar surface area (TPSA) is 70.1 Å². The molecule has 0 atom stereocenters. The highest BCUT2D eigenvalue weighted by Gasteiger charge is 2.38. The van der Waals surface area contributed by atoms with Crippen molar-refractivity contribution in [1.29, 1.82) is 0 Å². The molecule has 3 rings (SSSR count). The Morgan fingerprint density at radius 3 is 2.72 bits per heavy atom. The molecule has 134 valence electrons. The Morgan fingerprint density at radius 1 is 1.16 bits per heavy atom. The maximum Gasteiger partial charge on any atom is 0.222 e. The van der Waals surface area contributed by atoms with Gasteiger partial charge in [-0.2, -0.15) is 0 Å². The number of aromatic nitrogens is 2. The molecule has 0 unspecified atom stereocenters. The Labute approximate surface area is 153 Å². The fraction of sp³-hybridized carbons (Fsp3) is 0.474. The average molecular weight is 361 g/mol. The summed E-state index contributed by atoms with van der Waals surface area (Å²) in [4.78, 5) is 9.16. The minimum Gasteiger partial charge on any atom is -0.396 e. The number of halogens is 1. The molecule has 1 aromatic carbocycles. The van der Waals surface area contributed by atoms with Crippen LogP contribution in [0.15, 0.2) is 36.5 Å². The van der Waals surface area contributed by atoms with E-state index < -0.39 is 0 Å². The lowest BCUT2D eigenvalue weighted by molar-refractivity contribution is 0.286. The quantitative estimate of drug-likeness (QED) is 0.662. The van der Waals surface area contributed by atoms with Crippen LogP contribution in [-0.2, 0) is 5.41 Å². The molecular weight excluding hydrogens is 336 g/mol. The molecular formula is C19H25ClN4O. The predicted molar refractivity (Wildman–Crippen MR) is 101 cm³/mol. The van der Waals surface area contributed by atoms with Crippen LogP contribution >= 0.6 is 11.6 Å². The third kappa shape index (κ3) is 4.11. The fourth-order valence-electron chi connectivity index (χ4n) is 3.51. The number of hydrogen-bond acceptors (Lipinski definition) is 5. The lowest BCUT2D eigenvalue weighted by atomic mass is 9.70. The number of benzene rings is 1. The number of piperidine rings is 1. The van der Waals surface area contributed by atoms with E-state index >= 15 is 0 Å². The molecule has 1 fully saturated rings. The number of unbranched alkanes of at least 4 members (excludes halogenated alkanes) is 1. The van der Waals surface area contributed by atoms with Gasteiger partial charge < -0.3 is 15.7 Å². The highest BCUT2D eigenvalue weighted by atomic mass is 35.5. The van der Waals surface area contributed by atoms with Crippen molar-refractivity contribution < 1.29 is 5.11 Å². The zero-order chi connectivity index (χ0) is 17.5. The van der Waals surface area contributed by atoms with Crippen LogP contribution in [-0.4, -0.2) is 41.3 Å². The Kier molecular flexibility index (Phi) is 6.24. The van der Waals surface area contributed by atoms with Crippen LogP contribution in [0, 0.1) is 0 Å². The number of anilines is 1. The van der Waals surface area contributed by atoms with Crippen molar-refractivity contribution in [2.45, 2.75) is 31.1 Å². The van der Waals surface area contributed by atoms with Gasteiger partial charge in [-0.05, 0) is 56.5 Å². The van der Waals surface area contributed by atoms with Crippen LogP contribution in [0.2, 0.25) is 5.02 Å². The minimum atomic E-state index is -0.186. The Hall–Kier alpha value is -1.69. The molecule has 0 bridgehead atoms. The fourth-order valence-corrected chi connectivity index (χ4v) is 3.83. The van der Waals surface area contributed by atoms with Crippen molar-refractivity contribution in [3.63, 3.8) is 0 Å². The van der Waals surface area contributed by atoms with E-state index in [9.17, 15) is 0 Å². The van der Waals surface area contributed by atoms with E-state index in [4.69, 9.17) is 21.7 Å². The van der Waals surface area contributed by atoms with E-state index in [2.05, 4.69) is 21.7 Å². The third-order valence-corrected chi connectivity index (χ3v) is 5.19. The Balaban J connectivity index is 1.91. The van der Waals surface area contributed by atoms with Gasteiger partial charge in [0.2, 0.25) is 5.95 Å². The molecule has 2 heterocycles. The molecule has 0 radical (unpaired) electrons. The lowest BCUT2D eigenvalue weighted by Crippen LogP contribution is -2.41. The second-order valence-corrected chi connectivity index (χ2v) is 6.84. The summed E-state index contributed by atoms with van der Waals surface area (Å²) in [7, 11) is 0. The summed E-state index contributed by atoms with van der Waals surface area (Å²) in [6.07, 6.45) is 5.40. The summed E-state index contributed by atoms with van der Waals surface area (Å²) < 4.78 is 0. The molecule has 2 aromatic rings. The Bertz CT molecular complexity index is 689. The van der Waals surface area contributed by atoms with Gasteiger partial charge in [0.15, 0.2) is 0 Å². The monoisotopic (exact) mass is 360 g/mol. The van der Waals surface area contributed by atoms with Gasteiger partial charge in [-0.25, -0.2) is 9.97 Å². The second-order valence-electron chi connectivity index (χ2n) is 6.43. The van der Waals surface area contributed by atoms with Gasteiger partial charge in [-0.3, -0.25) is 0 Å². The SMILES string of the molecule is OCCCCNc1nccc(C2(c3ccccc3Cl)CCNCC2)n1. The molecule has 0 aliphatic carbocycles. The highest BCUT2D eigenvalue weighted by molar-refractivity contribution is 6.31. The summed E-state index contributed by atoms with van der Waals surface area (Å²) in [6, 6.07) is 10.1. The van der Waals surface area contributed by atoms with Gasteiger partial charge in [-0.15, -0.1) is 0 Å². The maximum atomic E-state index is 8.89. The molecule has 5 nitrogen and oxygen atoms in total. The van der Waals surface area contributed by atoms with Gasteiger partial charge in [0, 0.05) is 29.8 Å². The molecule has 1 aromatic heterocycles. The van der Waals surface area contributed by atoms with Gasteiger partial charge in [0.1, 0.15) is 0 Å². The van der Waals surface area contributed by atoms with Crippen LogP contribution in [0.4, 0.5) is 5.95 Å². The van der Waals surface area contributed by atoms with Crippen molar-refractivity contribution in [2.75, 3.05) is 31.6 Å². The van der Waals surface area contributed by atoms with Crippen LogP contribution in [0.1, 0.15) is 36.9 Å². The number of hydrogen-bond donors (Lipinski definition) is 3. The standard InChI is InChI=1S/C19H25ClN4O/c20-16-6-2-1-5-15(16)19(8-12-21-13-9-19)17-7-11-23-18(24-17)22-10-3-4-14-25/h1-2,5-7,11,21,25H,3-4,8-10,12-14H2,(H,22,23,24). The zero-order valence-corrected chi connectivity index (χ0v) is 15.1. The minimum absolute atomic E-state index is 0.186. The van der Waals surface area contributed by atoms with E-state index in [1.807, 2.05) is 30.5 Å². The number of rotatable bonds is 7. The van der Waals surface area contributed by atoms with E-state index in [-0.39, 0.29) is 12.0 Å². The number of aliphatic hydroxyl groups excluding tert-OH is 1. The largest absolute Gasteiger partial charge is 0.396 e. The number of nitrogens with zero attached hydrogens (tertiary/aromatic N) is 2. The summed E-state index contributed by atoms with van der Waals surface area (Å²) in [5.41, 5.74) is 1.97. The molecule has 3 N–H and O–H groups in total. The van der Waals surface area contributed by atoms with Crippen molar-refractivity contribution in [3.05, 3.63) is 52.8 Å². The molecule has 1 aliphatic heterocycles. The number of nitrogens with one attached hydrogen (secondary N) is 2. The van der Waals surface area contributed by atoms with Crippen molar-refractivity contribution in [3.8, 4) is 0 Å². The van der Waals surface area contributed by atoms with Crippen molar-refractivity contribution >= 4 is 17.5 Å².